The number of carbonyl (C=O) groups excluding carboxylic acids is 1. The normalized spacial score (nSPS) is 24.3. The Labute approximate surface area is 124 Å². The van der Waals surface area contributed by atoms with Gasteiger partial charge in [-0.05, 0) is 29.5 Å². The van der Waals surface area contributed by atoms with Gasteiger partial charge in [-0.3, -0.25) is 4.79 Å². The maximum atomic E-state index is 12.6. The van der Waals surface area contributed by atoms with E-state index in [-0.39, 0.29) is 5.91 Å². The number of benzene rings is 1. The zero-order chi connectivity index (χ0) is 14.2. The molecule has 108 valence electrons. The van der Waals surface area contributed by atoms with E-state index in [1.165, 1.54) is 0 Å². The second kappa shape index (κ2) is 5.04. The molecule has 2 saturated heterocycles. The van der Waals surface area contributed by atoms with E-state index in [1.807, 2.05) is 47.4 Å². The summed E-state index contributed by atoms with van der Waals surface area (Å²) >= 11 is 0. The van der Waals surface area contributed by atoms with Gasteiger partial charge in [-0.25, -0.2) is 0 Å². The lowest BCUT2D eigenvalue weighted by molar-refractivity contribution is 0.0776. The van der Waals surface area contributed by atoms with Crippen LogP contribution in [0.4, 0.5) is 0 Å². The van der Waals surface area contributed by atoms with E-state index < -0.39 is 0 Å². The number of nitrogens with one attached hydrogen (secondary N) is 2. The third-order valence-corrected chi connectivity index (χ3v) is 4.68. The Bertz CT molecular complexity index is 637. The monoisotopic (exact) mass is 281 g/mol. The summed E-state index contributed by atoms with van der Waals surface area (Å²) in [6.45, 7) is 3.87. The first-order valence-corrected chi connectivity index (χ1v) is 7.55. The highest BCUT2D eigenvalue weighted by molar-refractivity contribution is 5.93. The van der Waals surface area contributed by atoms with Crippen LogP contribution in [0, 0.1) is 11.8 Å². The smallest absolute Gasteiger partial charge is 0.270 e. The van der Waals surface area contributed by atoms with Gasteiger partial charge in [0.05, 0.1) is 0 Å². The van der Waals surface area contributed by atoms with Crippen molar-refractivity contribution in [1.82, 2.24) is 15.2 Å². The molecular formula is C17H19N3O. The van der Waals surface area contributed by atoms with Gasteiger partial charge in [0.15, 0.2) is 0 Å². The third kappa shape index (κ3) is 2.25. The van der Waals surface area contributed by atoms with Crippen LogP contribution in [-0.2, 0) is 0 Å². The van der Waals surface area contributed by atoms with Gasteiger partial charge in [0, 0.05) is 31.9 Å². The third-order valence-electron chi connectivity index (χ3n) is 4.68. The summed E-state index contributed by atoms with van der Waals surface area (Å²) in [5.41, 5.74) is 2.81. The first kappa shape index (κ1) is 12.7. The predicted molar refractivity (Wildman–Crippen MR) is 82.0 cm³/mol. The number of amides is 1. The molecule has 3 heterocycles. The van der Waals surface area contributed by atoms with Crippen molar-refractivity contribution in [3.05, 3.63) is 48.2 Å². The molecule has 21 heavy (non-hydrogen) atoms. The maximum Gasteiger partial charge on any atom is 0.270 e. The largest absolute Gasteiger partial charge is 0.351 e. The van der Waals surface area contributed by atoms with Gasteiger partial charge in [0.1, 0.15) is 5.69 Å². The number of nitrogens with zero attached hydrogens (tertiary/aromatic N) is 1. The van der Waals surface area contributed by atoms with E-state index in [0.29, 0.717) is 17.5 Å². The number of fused-ring (bicyclic) bond motifs is 1. The molecule has 4 heteroatoms. The number of hydrogen-bond donors (Lipinski definition) is 2. The molecule has 2 aliphatic rings. The highest BCUT2D eigenvalue weighted by atomic mass is 16.2. The van der Waals surface area contributed by atoms with Crippen molar-refractivity contribution >= 4 is 5.91 Å². The summed E-state index contributed by atoms with van der Waals surface area (Å²) in [6.07, 6.45) is 0. The zero-order valence-corrected chi connectivity index (χ0v) is 11.9. The van der Waals surface area contributed by atoms with Crippen LogP contribution in [0.3, 0.4) is 0 Å². The van der Waals surface area contributed by atoms with Crippen LogP contribution in [0.1, 0.15) is 10.5 Å². The van der Waals surface area contributed by atoms with Gasteiger partial charge in [-0.15, -0.1) is 0 Å². The number of carbonyl (C=O) groups is 1. The molecule has 1 amide bonds. The van der Waals surface area contributed by atoms with Crippen molar-refractivity contribution in [3.8, 4) is 11.3 Å². The Balaban J connectivity index is 1.52. The molecule has 2 fully saturated rings. The number of rotatable bonds is 2. The molecule has 0 aliphatic carbocycles. The van der Waals surface area contributed by atoms with Crippen molar-refractivity contribution in [2.24, 2.45) is 11.8 Å². The summed E-state index contributed by atoms with van der Waals surface area (Å²) < 4.78 is 0. The molecule has 0 radical (unpaired) electrons. The summed E-state index contributed by atoms with van der Waals surface area (Å²) in [4.78, 5) is 17.9. The maximum absolute atomic E-state index is 12.6. The van der Waals surface area contributed by atoms with Crippen LogP contribution >= 0.6 is 0 Å². The second-order valence-corrected chi connectivity index (χ2v) is 6.04. The molecule has 1 aromatic heterocycles. The molecule has 1 aromatic carbocycles. The molecule has 2 N–H and O–H groups in total. The highest BCUT2D eigenvalue weighted by Gasteiger charge is 2.38. The molecule has 0 bridgehead atoms. The standard InChI is InChI=1S/C17H19N3O/c21-17(20-10-13-8-18-9-14(13)11-20)16-7-6-15(19-16)12-4-2-1-3-5-12/h1-7,13-14,18-19H,8-11H2/t13-,14+. The van der Waals surface area contributed by atoms with Crippen molar-refractivity contribution in [3.63, 3.8) is 0 Å². The summed E-state index contributed by atoms with van der Waals surface area (Å²) in [6, 6.07) is 14.0. The van der Waals surface area contributed by atoms with Crippen LogP contribution in [0.25, 0.3) is 11.3 Å². The highest BCUT2D eigenvalue weighted by Crippen LogP contribution is 2.28. The summed E-state index contributed by atoms with van der Waals surface area (Å²) in [7, 11) is 0. The molecule has 2 aromatic rings. The van der Waals surface area contributed by atoms with Gasteiger partial charge >= 0.3 is 0 Å². The Morgan fingerprint density at radius 2 is 1.71 bits per heavy atom. The minimum Gasteiger partial charge on any atom is -0.351 e. The fourth-order valence-corrected chi connectivity index (χ4v) is 3.50. The number of aromatic amines is 1. The molecule has 2 atom stereocenters. The van der Waals surface area contributed by atoms with E-state index in [1.54, 1.807) is 0 Å². The number of aromatic nitrogens is 1. The van der Waals surface area contributed by atoms with Crippen LogP contribution in [0.15, 0.2) is 42.5 Å². The number of likely N-dealkylation sites (tertiary alicyclic amines) is 1. The molecule has 2 aliphatic heterocycles. The molecule has 0 saturated carbocycles. The van der Waals surface area contributed by atoms with Gasteiger partial charge < -0.3 is 15.2 Å². The Morgan fingerprint density at radius 3 is 2.43 bits per heavy atom. The lowest BCUT2D eigenvalue weighted by Gasteiger charge is -2.16. The second-order valence-electron chi connectivity index (χ2n) is 6.04. The number of H-pyrrole nitrogens is 1. The first-order chi connectivity index (χ1) is 10.3. The Morgan fingerprint density at radius 1 is 1.00 bits per heavy atom. The van der Waals surface area contributed by atoms with Crippen molar-refractivity contribution in [1.29, 1.82) is 0 Å². The molecule has 0 spiro atoms. The van der Waals surface area contributed by atoms with Crippen LogP contribution in [0.5, 0.6) is 0 Å². The molecule has 4 rings (SSSR count). The fourth-order valence-electron chi connectivity index (χ4n) is 3.50. The van der Waals surface area contributed by atoms with E-state index >= 15 is 0 Å². The van der Waals surface area contributed by atoms with E-state index in [9.17, 15) is 4.79 Å². The minimum atomic E-state index is 0.131. The van der Waals surface area contributed by atoms with E-state index in [0.717, 1.165) is 37.4 Å². The van der Waals surface area contributed by atoms with Gasteiger partial charge in [0.25, 0.3) is 5.91 Å². The molecule has 0 unspecified atom stereocenters. The average Bonchev–Trinajstić information content (AvgIpc) is 3.22. The zero-order valence-electron chi connectivity index (χ0n) is 11.9. The SMILES string of the molecule is O=C(c1ccc(-c2ccccc2)[nH]1)N1C[C@H]2CNC[C@H]2C1. The van der Waals surface area contributed by atoms with Crippen LogP contribution < -0.4 is 5.32 Å². The lowest BCUT2D eigenvalue weighted by Crippen LogP contribution is -2.32. The Hall–Kier alpha value is -2.07. The Kier molecular flexibility index (Phi) is 3.04. The van der Waals surface area contributed by atoms with E-state index in [4.69, 9.17) is 0 Å². The lowest BCUT2D eigenvalue weighted by atomic mass is 10.0. The summed E-state index contributed by atoms with van der Waals surface area (Å²) in [5.74, 6) is 1.40. The topological polar surface area (TPSA) is 48.1 Å². The van der Waals surface area contributed by atoms with Gasteiger partial charge in [0.2, 0.25) is 0 Å². The summed E-state index contributed by atoms with van der Waals surface area (Å²) in [5, 5.41) is 3.40. The first-order valence-electron chi connectivity index (χ1n) is 7.55. The van der Waals surface area contributed by atoms with E-state index in [2.05, 4.69) is 10.3 Å². The quantitative estimate of drug-likeness (QED) is 0.884. The van der Waals surface area contributed by atoms with Crippen LogP contribution in [-0.4, -0.2) is 42.0 Å². The van der Waals surface area contributed by atoms with Gasteiger partial charge in [-0.1, -0.05) is 30.3 Å². The molecule has 4 nitrogen and oxygen atoms in total. The van der Waals surface area contributed by atoms with Gasteiger partial charge in [-0.2, -0.15) is 0 Å². The minimum absolute atomic E-state index is 0.131. The molecular weight excluding hydrogens is 262 g/mol. The van der Waals surface area contributed by atoms with Crippen molar-refractivity contribution in [2.45, 2.75) is 0 Å². The number of hydrogen-bond acceptors (Lipinski definition) is 2. The predicted octanol–water partition coefficient (Wildman–Crippen LogP) is 1.97. The fraction of sp³-hybridized carbons (Fsp3) is 0.353. The van der Waals surface area contributed by atoms with Crippen molar-refractivity contribution < 1.29 is 4.79 Å². The van der Waals surface area contributed by atoms with Crippen molar-refractivity contribution in [2.75, 3.05) is 26.2 Å². The average molecular weight is 281 g/mol. The van der Waals surface area contributed by atoms with Crippen LogP contribution in [0.2, 0.25) is 0 Å².